The minimum absolute atomic E-state index is 0.168. The average Bonchev–Trinajstić information content (AvgIpc) is 2.14. The molecule has 0 aromatic rings. The molecule has 0 aliphatic heterocycles. The third-order valence-electron chi connectivity index (χ3n) is 2.45. The van der Waals surface area contributed by atoms with Crippen LogP contribution in [0.15, 0.2) is 12.2 Å². The van der Waals surface area contributed by atoms with Gasteiger partial charge in [0.2, 0.25) is 0 Å². The standard InChI is InChI=1S/C9H16O4/c10-5-6-3-1-2-4-7(11)9(13)8(6)12/h2,4,6-13H,1,3,5H2/b4-2-/t6-,7-,8+,9-/m1/s1. The first kappa shape index (κ1) is 10.7. The van der Waals surface area contributed by atoms with E-state index in [1.165, 1.54) is 6.08 Å². The van der Waals surface area contributed by atoms with Crippen LogP contribution in [0.2, 0.25) is 0 Å². The number of allylic oxidation sites excluding steroid dienone is 1. The zero-order valence-electron chi connectivity index (χ0n) is 7.37. The molecule has 0 fully saturated rings. The van der Waals surface area contributed by atoms with Crippen LogP contribution in [-0.4, -0.2) is 45.3 Å². The fourth-order valence-corrected chi connectivity index (χ4v) is 1.51. The van der Waals surface area contributed by atoms with E-state index >= 15 is 0 Å². The largest absolute Gasteiger partial charge is 0.396 e. The van der Waals surface area contributed by atoms with Gasteiger partial charge >= 0.3 is 0 Å². The van der Waals surface area contributed by atoms with Gasteiger partial charge in [-0.1, -0.05) is 12.2 Å². The highest BCUT2D eigenvalue weighted by atomic mass is 16.4. The van der Waals surface area contributed by atoms with E-state index in [1.807, 2.05) is 0 Å². The Kier molecular flexibility index (Phi) is 3.87. The van der Waals surface area contributed by atoms with E-state index in [4.69, 9.17) is 5.11 Å². The van der Waals surface area contributed by atoms with E-state index in [1.54, 1.807) is 6.08 Å². The molecule has 1 aliphatic carbocycles. The van der Waals surface area contributed by atoms with Crippen molar-refractivity contribution in [3.8, 4) is 0 Å². The molecular weight excluding hydrogens is 172 g/mol. The highest BCUT2D eigenvalue weighted by Gasteiger charge is 2.30. The summed E-state index contributed by atoms with van der Waals surface area (Å²) in [7, 11) is 0. The van der Waals surface area contributed by atoms with Gasteiger partial charge in [0.25, 0.3) is 0 Å². The second-order valence-electron chi connectivity index (χ2n) is 3.42. The summed E-state index contributed by atoms with van der Waals surface area (Å²) in [4.78, 5) is 0. The third kappa shape index (κ3) is 2.51. The molecule has 4 N–H and O–H groups in total. The van der Waals surface area contributed by atoms with Crippen molar-refractivity contribution < 1.29 is 20.4 Å². The van der Waals surface area contributed by atoms with Crippen molar-refractivity contribution in [3.05, 3.63) is 12.2 Å². The summed E-state index contributed by atoms with van der Waals surface area (Å²) < 4.78 is 0. The Morgan fingerprint density at radius 1 is 1.15 bits per heavy atom. The molecule has 0 aromatic carbocycles. The molecule has 0 aromatic heterocycles. The van der Waals surface area contributed by atoms with Crippen LogP contribution in [0.1, 0.15) is 12.8 Å². The smallest absolute Gasteiger partial charge is 0.110 e. The molecule has 76 valence electrons. The molecule has 0 radical (unpaired) electrons. The second kappa shape index (κ2) is 4.72. The normalized spacial score (nSPS) is 43.7. The highest BCUT2D eigenvalue weighted by Crippen LogP contribution is 2.19. The maximum absolute atomic E-state index is 9.51. The number of hydrogen-bond acceptors (Lipinski definition) is 4. The zero-order chi connectivity index (χ0) is 9.84. The molecule has 0 bridgehead atoms. The zero-order valence-corrected chi connectivity index (χ0v) is 7.37. The predicted octanol–water partition coefficient (Wildman–Crippen LogP) is -0.972. The van der Waals surface area contributed by atoms with Crippen molar-refractivity contribution >= 4 is 0 Å². The molecular formula is C9H16O4. The van der Waals surface area contributed by atoms with Gasteiger partial charge in [-0.2, -0.15) is 0 Å². The van der Waals surface area contributed by atoms with Gasteiger partial charge in [0, 0.05) is 12.5 Å². The van der Waals surface area contributed by atoms with Crippen LogP contribution < -0.4 is 0 Å². The highest BCUT2D eigenvalue weighted by molar-refractivity contribution is 4.98. The van der Waals surface area contributed by atoms with Crippen LogP contribution >= 0.6 is 0 Å². The van der Waals surface area contributed by atoms with Gasteiger partial charge in [0.1, 0.15) is 12.2 Å². The molecule has 4 atom stereocenters. The van der Waals surface area contributed by atoms with E-state index in [9.17, 15) is 15.3 Å². The summed E-state index contributed by atoms with van der Waals surface area (Å²) in [5, 5.41) is 37.1. The third-order valence-corrected chi connectivity index (χ3v) is 2.45. The van der Waals surface area contributed by atoms with E-state index in [0.29, 0.717) is 12.8 Å². The first-order chi connectivity index (χ1) is 6.16. The topological polar surface area (TPSA) is 80.9 Å². The van der Waals surface area contributed by atoms with Crippen molar-refractivity contribution in [1.82, 2.24) is 0 Å². The van der Waals surface area contributed by atoms with E-state index in [-0.39, 0.29) is 12.5 Å². The molecule has 0 saturated carbocycles. The predicted molar refractivity (Wildman–Crippen MR) is 47.0 cm³/mol. The monoisotopic (exact) mass is 188 g/mol. The average molecular weight is 188 g/mol. The Labute approximate surface area is 77.1 Å². The van der Waals surface area contributed by atoms with Gasteiger partial charge in [-0.3, -0.25) is 0 Å². The van der Waals surface area contributed by atoms with Crippen molar-refractivity contribution in [2.24, 2.45) is 5.92 Å². The Morgan fingerprint density at radius 3 is 2.46 bits per heavy atom. The van der Waals surface area contributed by atoms with Crippen LogP contribution in [0.25, 0.3) is 0 Å². The quantitative estimate of drug-likeness (QED) is 0.399. The summed E-state index contributed by atoms with van der Waals surface area (Å²) in [6, 6.07) is 0. The van der Waals surface area contributed by atoms with Crippen LogP contribution in [0, 0.1) is 5.92 Å². The van der Waals surface area contributed by atoms with Crippen molar-refractivity contribution in [2.75, 3.05) is 6.61 Å². The summed E-state index contributed by atoms with van der Waals surface area (Å²) in [5.74, 6) is -0.352. The lowest BCUT2D eigenvalue weighted by Crippen LogP contribution is -2.42. The first-order valence-corrected chi connectivity index (χ1v) is 4.48. The lowest BCUT2D eigenvalue weighted by molar-refractivity contribution is -0.0777. The van der Waals surface area contributed by atoms with Gasteiger partial charge in [0.15, 0.2) is 0 Å². The maximum Gasteiger partial charge on any atom is 0.110 e. The van der Waals surface area contributed by atoms with Crippen LogP contribution in [-0.2, 0) is 0 Å². The summed E-state index contributed by atoms with van der Waals surface area (Å²) in [6.07, 6.45) is 1.26. The molecule has 0 unspecified atom stereocenters. The molecule has 1 rings (SSSR count). The fraction of sp³-hybridized carbons (Fsp3) is 0.778. The van der Waals surface area contributed by atoms with Crippen molar-refractivity contribution in [1.29, 1.82) is 0 Å². The van der Waals surface area contributed by atoms with E-state index in [2.05, 4.69) is 0 Å². The Bertz CT molecular complexity index is 180. The molecule has 0 heterocycles. The van der Waals surface area contributed by atoms with Crippen LogP contribution in [0.3, 0.4) is 0 Å². The Balaban J connectivity index is 2.69. The first-order valence-electron chi connectivity index (χ1n) is 4.48. The molecule has 13 heavy (non-hydrogen) atoms. The lowest BCUT2D eigenvalue weighted by atomic mass is 9.89. The fourth-order valence-electron chi connectivity index (χ4n) is 1.51. The SMILES string of the molecule is OC[C@H]1CC/C=C\[C@@H](O)[C@@H](O)[C@H]1O. The van der Waals surface area contributed by atoms with E-state index < -0.39 is 18.3 Å². The van der Waals surface area contributed by atoms with Crippen molar-refractivity contribution in [2.45, 2.75) is 31.2 Å². The van der Waals surface area contributed by atoms with Crippen molar-refractivity contribution in [3.63, 3.8) is 0 Å². The maximum atomic E-state index is 9.51. The molecule has 4 nitrogen and oxygen atoms in total. The van der Waals surface area contributed by atoms with Crippen LogP contribution in [0.5, 0.6) is 0 Å². The summed E-state index contributed by atoms with van der Waals surface area (Å²) in [5.41, 5.74) is 0. The second-order valence-corrected chi connectivity index (χ2v) is 3.42. The molecule has 0 saturated heterocycles. The molecule has 4 heteroatoms. The Morgan fingerprint density at radius 2 is 1.85 bits per heavy atom. The minimum Gasteiger partial charge on any atom is -0.396 e. The molecule has 1 aliphatic rings. The summed E-state index contributed by atoms with van der Waals surface area (Å²) in [6.45, 7) is -0.168. The minimum atomic E-state index is -1.20. The number of aliphatic hydroxyl groups excluding tert-OH is 4. The number of hydrogen-bond donors (Lipinski definition) is 4. The van der Waals surface area contributed by atoms with Gasteiger partial charge in [0.05, 0.1) is 6.10 Å². The number of rotatable bonds is 1. The molecule has 0 amide bonds. The van der Waals surface area contributed by atoms with Gasteiger partial charge in [-0.05, 0) is 12.8 Å². The van der Waals surface area contributed by atoms with Crippen LogP contribution in [0.4, 0.5) is 0 Å². The van der Waals surface area contributed by atoms with E-state index in [0.717, 1.165) is 0 Å². The Hall–Kier alpha value is -0.420. The van der Waals surface area contributed by atoms with Gasteiger partial charge in [-0.25, -0.2) is 0 Å². The molecule has 0 spiro atoms. The number of aliphatic hydroxyl groups is 4. The van der Waals surface area contributed by atoms with Gasteiger partial charge in [-0.15, -0.1) is 0 Å². The van der Waals surface area contributed by atoms with Gasteiger partial charge < -0.3 is 20.4 Å². The lowest BCUT2D eigenvalue weighted by Gasteiger charge is -2.28. The summed E-state index contributed by atoms with van der Waals surface area (Å²) >= 11 is 0.